The summed E-state index contributed by atoms with van der Waals surface area (Å²) in [6, 6.07) is 7.65. The van der Waals surface area contributed by atoms with Crippen LogP contribution in [0.3, 0.4) is 0 Å². The quantitative estimate of drug-likeness (QED) is 0.890. The van der Waals surface area contributed by atoms with Crippen LogP contribution < -0.4 is 5.32 Å². The summed E-state index contributed by atoms with van der Waals surface area (Å²) >= 11 is 0. The average Bonchev–Trinajstić information content (AvgIpc) is 3.09. The van der Waals surface area contributed by atoms with Gasteiger partial charge in [0.2, 0.25) is 5.89 Å². The van der Waals surface area contributed by atoms with Gasteiger partial charge >= 0.3 is 12.0 Å². The second-order valence-corrected chi connectivity index (χ2v) is 6.27. The third-order valence-electron chi connectivity index (χ3n) is 4.40. The second-order valence-electron chi connectivity index (χ2n) is 6.27. The number of hydrogen-bond donors (Lipinski definition) is 2. The van der Waals surface area contributed by atoms with Gasteiger partial charge in [0.25, 0.3) is 0 Å². The molecule has 132 valence electrons. The number of nitrogens with one attached hydrogen (secondary N) is 1. The summed E-state index contributed by atoms with van der Waals surface area (Å²) in [5.41, 5.74) is 2.69. The predicted molar refractivity (Wildman–Crippen MR) is 90.8 cm³/mol. The Labute approximate surface area is 145 Å². The number of hydrogen-bond acceptors (Lipinski definition) is 4. The second kappa shape index (κ2) is 7.38. The maximum Gasteiger partial charge on any atom is 0.317 e. The number of aromatic nitrogens is 1. The Balaban J connectivity index is 1.51. The highest BCUT2D eigenvalue weighted by molar-refractivity contribution is 5.75. The predicted octanol–water partition coefficient (Wildman–Crippen LogP) is 2.66. The molecule has 7 heteroatoms. The van der Waals surface area contributed by atoms with Gasteiger partial charge in [-0.15, -0.1) is 0 Å². The van der Waals surface area contributed by atoms with Crippen LogP contribution in [0.4, 0.5) is 4.79 Å². The molecule has 0 spiro atoms. The Morgan fingerprint density at radius 2 is 1.96 bits per heavy atom. The number of nitrogens with zero attached hydrogens (tertiary/aromatic N) is 2. The number of carbonyl (C=O) groups excluding carboxylic acids is 1. The molecule has 2 amide bonds. The number of aliphatic carboxylic acids is 1. The summed E-state index contributed by atoms with van der Waals surface area (Å²) in [5.74, 6) is -0.616. The molecule has 0 saturated carbocycles. The molecule has 0 atom stereocenters. The number of likely N-dealkylation sites (tertiary alicyclic amines) is 1. The van der Waals surface area contributed by atoms with Crippen LogP contribution in [0, 0.1) is 12.8 Å². The number of oxazole rings is 1. The molecule has 3 rings (SSSR count). The van der Waals surface area contributed by atoms with Crippen LogP contribution in [-0.4, -0.2) is 40.1 Å². The van der Waals surface area contributed by atoms with Crippen molar-refractivity contribution in [2.45, 2.75) is 26.3 Å². The zero-order chi connectivity index (χ0) is 17.8. The molecular weight excluding hydrogens is 322 g/mol. The van der Waals surface area contributed by atoms with Gasteiger partial charge in [0.05, 0.1) is 18.2 Å². The number of carboxylic acids is 1. The van der Waals surface area contributed by atoms with Gasteiger partial charge in [-0.25, -0.2) is 9.78 Å². The lowest BCUT2D eigenvalue weighted by atomic mass is 9.97. The lowest BCUT2D eigenvalue weighted by Crippen LogP contribution is -2.45. The molecular formula is C18H21N3O4. The van der Waals surface area contributed by atoms with Crippen molar-refractivity contribution < 1.29 is 19.1 Å². The minimum absolute atomic E-state index is 0.205. The fourth-order valence-corrected chi connectivity index (χ4v) is 2.82. The number of piperidine rings is 1. The van der Waals surface area contributed by atoms with E-state index in [-0.39, 0.29) is 18.5 Å². The van der Waals surface area contributed by atoms with Gasteiger partial charge in [0.15, 0.2) is 0 Å². The first-order valence-electron chi connectivity index (χ1n) is 8.30. The minimum atomic E-state index is -0.786. The summed E-state index contributed by atoms with van der Waals surface area (Å²) in [4.78, 5) is 29.1. The molecule has 1 saturated heterocycles. The van der Waals surface area contributed by atoms with E-state index in [9.17, 15) is 9.59 Å². The van der Waals surface area contributed by atoms with Crippen molar-refractivity contribution in [1.82, 2.24) is 15.2 Å². The van der Waals surface area contributed by atoms with Crippen molar-refractivity contribution in [2.24, 2.45) is 5.92 Å². The van der Waals surface area contributed by atoms with Crippen molar-refractivity contribution in [3.63, 3.8) is 0 Å². The summed E-state index contributed by atoms with van der Waals surface area (Å²) in [5, 5.41) is 11.8. The highest BCUT2D eigenvalue weighted by Crippen LogP contribution is 2.19. The lowest BCUT2D eigenvalue weighted by molar-refractivity contribution is -0.143. The Kier molecular flexibility index (Phi) is 5.02. The molecule has 25 heavy (non-hydrogen) atoms. The first-order chi connectivity index (χ1) is 12.0. The molecule has 0 unspecified atom stereocenters. The van der Waals surface area contributed by atoms with Crippen LogP contribution >= 0.6 is 0 Å². The number of rotatable bonds is 4. The first kappa shape index (κ1) is 17.0. The largest absolute Gasteiger partial charge is 0.481 e. The van der Waals surface area contributed by atoms with Gasteiger partial charge in [-0.1, -0.05) is 17.7 Å². The minimum Gasteiger partial charge on any atom is -0.481 e. The molecule has 2 aromatic rings. The molecule has 1 fully saturated rings. The van der Waals surface area contributed by atoms with Gasteiger partial charge < -0.3 is 19.7 Å². The van der Waals surface area contributed by atoms with Crippen molar-refractivity contribution >= 4 is 12.0 Å². The van der Waals surface area contributed by atoms with E-state index < -0.39 is 5.97 Å². The number of benzene rings is 1. The zero-order valence-electron chi connectivity index (χ0n) is 14.1. The van der Waals surface area contributed by atoms with E-state index in [1.54, 1.807) is 4.90 Å². The van der Waals surface area contributed by atoms with Crippen LogP contribution in [0.5, 0.6) is 0 Å². The summed E-state index contributed by atoms with van der Waals surface area (Å²) < 4.78 is 5.47. The standard InChI is InChI=1S/C18H21N3O4/c1-12-2-4-13(5-3-12)16-20-15(11-25-16)10-19-18(24)21-8-6-14(7-9-21)17(22)23/h2-5,11,14H,6-10H2,1H3,(H,19,24)(H,22,23). The van der Waals surface area contributed by atoms with Crippen molar-refractivity contribution in [3.05, 3.63) is 41.8 Å². The molecule has 2 N–H and O–H groups in total. The molecule has 7 nitrogen and oxygen atoms in total. The zero-order valence-corrected chi connectivity index (χ0v) is 14.1. The Morgan fingerprint density at radius 1 is 1.28 bits per heavy atom. The molecule has 1 aliphatic rings. The van der Waals surface area contributed by atoms with Crippen LogP contribution in [0.15, 0.2) is 34.9 Å². The van der Waals surface area contributed by atoms with Gasteiger partial charge in [0, 0.05) is 18.7 Å². The third kappa shape index (κ3) is 4.17. The van der Waals surface area contributed by atoms with E-state index in [0.717, 1.165) is 11.1 Å². The fraction of sp³-hybridized carbons (Fsp3) is 0.389. The van der Waals surface area contributed by atoms with Crippen LogP contribution in [0.1, 0.15) is 24.1 Å². The monoisotopic (exact) mass is 343 g/mol. The highest BCUT2D eigenvalue weighted by atomic mass is 16.4. The van der Waals surface area contributed by atoms with Crippen LogP contribution in [0.25, 0.3) is 11.5 Å². The molecule has 1 aliphatic heterocycles. The SMILES string of the molecule is Cc1ccc(-c2nc(CNC(=O)N3CCC(C(=O)O)CC3)co2)cc1. The molecule has 2 heterocycles. The Bertz CT molecular complexity index is 746. The lowest BCUT2D eigenvalue weighted by Gasteiger charge is -2.30. The van der Waals surface area contributed by atoms with E-state index in [0.29, 0.717) is 37.5 Å². The highest BCUT2D eigenvalue weighted by Gasteiger charge is 2.26. The molecule has 1 aromatic heterocycles. The average molecular weight is 343 g/mol. The summed E-state index contributed by atoms with van der Waals surface area (Å²) in [7, 11) is 0. The summed E-state index contributed by atoms with van der Waals surface area (Å²) in [6.07, 6.45) is 2.51. The smallest absolute Gasteiger partial charge is 0.317 e. The number of carbonyl (C=O) groups is 2. The van der Waals surface area contributed by atoms with E-state index in [2.05, 4.69) is 10.3 Å². The van der Waals surface area contributed by atoms with Crippen LogP contribution in [-0.2, 0) is 11.3 Å². The van der Waals surface area contributed by atoms with Gasteiger partial charge in [0.1, 0.15) is 6.26 Å². The number of carboxylic acid groups (broad SMARTS) is 1. The Hall–Kier alpha value is -2.83. The van der Waals surface area contributed by atoms with Crippen molar-refractivity contribution in [3.8, 4) is 11.5 Å². The normalized spacial score (nSPS) is 15.2. The molecule has 0 aliphatic carbocycles. The molecule has 1 aromatic carbocycles. The van der Waals surface area contributed by atoms with E-state index in [1.165, 1.54) is 6.26 Å². The van der Waals surface area contributed by atoms with Gasteiger partial charge in [-0.3, -0.25) is 4.79 Å². The topological polar surface area (TPSA) is 95.7 Å². The first-order valence-corrected chi connectivity index (χ1v) is 8.30. The van der Waals surface area contributed by atoms with Gasteiger partial charge in [-0.05, 0) is 31.9 Å². The number of amides is 2. The number of urea groups is 1. The number of aryl methyl sites for hydroxylation is 1. The van der Waals surface area contributed by atoms with E-state index in [4.69, 9.17) is 9.52 Å². The van der Waals surface area contributed by atoms with Gasteiger partial charge in [-0.2, -0.15) is 0 Å². The molecule has 0 radical (unpaired) electrons. The van der Waals surface area contributed by atoms with E-state index >= 15 is 0 Å². The molecule has 0 bridgehead atoms. The fourth-order valence-electron chi connectivity index (χ4n) is 2.82. The van der Waals surface area contributed by atoms with Crippen molar-refractivity contribution in [2.75, 3.05) is 13.1 Å². The van der Waals surface area contributed by atoms with E-state index in [1.807, 2.05) is 31.2 Å². The Morgan fingerprint density at radius 3 is 2.60 bits per heavy atom. The van der Waals surface area contributed by atoms with Crippen molar-refractivity contribution in [1.29, 1.82) is 0 Å². The maximum atomic E-state index is 12.2. The summed E-state index contributed by atoms with van der Waals surface area (Å²) in [6.45, 7) is 3.19. The van der Waals surface area contributed by atoms with Crippen LogP contribution in [0.2, 0.25) is 0 Å². The maximum absolute atomic E-state index is 12.2. The third-order valence-corrected chi connectivity index (χ3v) is 4.40.